The van der Waals surface area contributed by atoms with Crippen LogP contribution in [0.2, 0.25) is 0 Å². The van der Waals surface area contributed by atoms with Crippen molar-refractivity contribution in [2.45, 2.75) is 45.1 Å². The van der Waals surface area contributed by atoms with E-state index in [0.717, 1.165) is 10.1 Å². The van der Waals surface area contributed by atoms with E-state index in [-0.39, 0.29) is 29.0 Å². The van der Waals surface area contributed by atoms with Gasteiger partial charge in [-0.15, -0.1) is 0 Å². The fourth-order valence-electron chi connectivity index (χ4n) is 4.09. The molecule has 8 nitrogen and oxygen atoms in total. The third-order valence-electron chi connectivity index (χ3n) is 6.16. The first-order chi connectivity index (χ1) is 15.7. The van der Waals surface area contributed by atoms with Crippen molar-refractivity contribution in [2.75, 3.05) is 26.2 Å². The average Bonchev–Trinajstić information content (AvgIpc) is 2.81. The van der Waals surface area contributed by atoms with E-state index < -0.39 is 15.6 Å². The number of aromatic nitrogens is 1. The van der Waals surface area contributed by atoms with Gasteiger partial charge in [0.05, 0.1) is 4.90 Å². The molecule has 178 valence electrons. The van der Waals surface area contributed by atoms with Gasteiger partial charge >= 0.3 is 0 Å². The van der Waals surface area contributed by atoms with Gasteiger partial charge in [0, 0.05) is 49.9 Å². The summed E-state index contributed by atoms with van der Waals surface area (Å²) in [5, 5.41) is 0. The van der Waals surface area contributed by atoms with Crippen LogP contribution in [0.3, 0.4) is 0 Å². The molecule has 0 N–H and O–H groups in total. The number of rotatable bonds is 8. The molecule has 33 heavy (non-hydrogen) atoms. The Labute approximate surface area is 194 Å². The van der Waals surface area contributed by atoms with Crippen LogP contribution in [-0.2, 0) is 21.4 Å². The van der Waals surface area contributed by atoms with E-state index in [0.29, 0.717) is 44.6 Å². The molecular weight excluding hydrogens is 442 g/mol. The van der Waals surface area contributed by atoms with Gasteiger partial charge in [-0.2, -0.15) is 4.31 Å². The minimum Gasteiger partial charge on any atom is -0.341 e. The summed E-state index contributed by atoms with van der Waals surface area (Å²) in [4.78, 5) is 39.5. The number of sulfonamides is 1. The summed E-state index contributed by atoms with van der Waals surface area (Å²) in [6.45, 7) is 6.69. The zero-order valence-electron chi connectivity index (χ0n) is 19.4. The SMILES string of the molecule is CCN(CC)S(=O)(=O)c1ccc(=O)n(CC(=O)N2CCC(C(=O)c3ccc(C)cc3)CC2)c1. The lowest BCUT2D eigenvalue weighted by Gasteiger charge is -2.31. The Balaban J connectivity index is 1.66. The van der Waals surface area contributed by atoms with Crippen LogP contribution in [0.1, 0.15) is 42.6 Å². The molecule has 1 saturated heterocycles. The highest BCUT2D eigenvalue weighted by atomic mass is 32.2. The number of pyridine rings is 1. The number of carbonyl (C=O) groups is 2. The minimum absolute atomic E-state index is 0.0130. The molecule has 2 heterocycles. The van der Waals surface area contributed by atoms with Crippen LogP contribution >= 0.6 is 0 Å². The van der Waals surface area contributed by atoms with Gasteiger partial charge < -0.3 is 9.47 Å². The van der Waals surface area contributed by atoms with E-state index >= 15 is 0 Å². The van der Waals surface area contributed by atoms with Crippen LogP contribution in [0, 0.1) is 12.8 Å². The van der Waals surface area contributed by atoms with Crippen molar-refractivity contribution in [2.24, 2.45) is 5.92 Å². The number of piperidine rings is 1. The molecule has 3 rings (SSSR count). The molecule has 0 bridgehead atoms. The Morgan fingerprint density at radius 3 is 2.18 bits per heavy atom. The maximum absolute atomic E-state index is 12.8. The smallest absolute Gasteiger partial charge is 0.251 e. The highest BCUT2D eigenvalue weighted by Gasteiger charge is 2.28. The highest BCUT2D eigenvalue weighted by molar-refractivity contribution is 7.89. The predicted molar refractivity (Wildman–Crippen MR) is 126 cm³/mol. The molecule has 0 unspecified atom stereocenters. The Kier molecular flexibility index (Phi) is 7.86. The molecule has 9 heteroatoms. The topological polar surface area (TPSA) is 96.8 Å². The van der Waals surface area contributed by atoms with Gasteiger partial charge in [0.2, 0.25) is 15.9 Å². The van der Waals surface area contributed by atoms with Crippen molar-refractivity contribution in [3.63, 3.8) is 0 Å². The second-order valence-corrected chi connectivity index (χ2v) is 10.2. The lowest BCUT2D eigenvalue weighted by atomic mass is 9.88. The van der Waals surface area contributed by atoms with Crippen LogP contribution in [0.4, 0.5) is 0 Å². The van der Waals surface area contributed by atoms with Crippen LogP contribution in [0.15, 0.2) is 52.3 Å². The zero-order valence-corrected chi connectivity index (χ0v) is 20.2. The number of likely N-dealkylation sites (tertiary alicyclic amines) is 1. The molecule has 1 aromatic carbocycles. The van der Waals surface area contributed by atoms with Gasteiger partial charge in [-0.3, -0.25) is 14.4 Å². The number of benzene rings is 1. The summed E-state index contributed by atoms with van der Waals surface area (Å²) in [5.41, 5.74) is 1.34. The molecule has 0 radical (unpaired) electrons. The Bertz CT molecular complexity index is 1160. The predicted octanol–water partition coefficient (Wildman–Crippen LogP) is 2.31. The Hall–Kier alpha value is -2.78. The first kappa shape index (κ1) is 24.9. The van der Waals surface area contributed by atoms with Crippen molar-refractivity contribution in [3.05, 3.63) is 64.1 Å². The van der Waals surface area contributed by atoms with Crippen molar-refractivity contribution >= 4 is 21.7 Å². The molecule has 1 amide bonds. The fraction of sp³-hybridized carbons (Fsp3) is 0.458. The number of amides is 1. The number of nitrogens with zero attached hydrogens (tertiary/aromatic N) is 3. The van der Waals surface area contributed by atoms with Crippen LogP contribution in [0.25, 0.3) is 0 Å². The van der Waals surface area contributed by atoms with Crippen molar-refractivity contribution in [3.8, 4) is 0 Å². The normalized spacial score (nSPS) is 15.1. The van der Waals surface area contributed by atoms with E-state index in [2.05, 4.69) is 0 Å². The van der Waals surface area contributed by atoms with Gasteiger partial charge in [0.1, 0.15) is 6.54 Å². The molecule has 0 spiro atoms. The average molecular weight is 474 g/mol. The highest BCUT2D eigenvalue weighted by Crippen LogP contribution is 2.22. The van der Waals surface area contributed by atoms with Gasteiger partial charge in [-0.25, -0.2) is 8.42 Å². The van der Waals surface area contributed by atoms with E-state index in [1.807, 2.05) is 31.2 Å². The van der Waals surface area contributed by atoms with Crippen molar-refractivity contribution in [1.82, 2.24) is 13.8 Å². The monoisotopic (exact) mass is 473 g/mol. The maximum atomic E-state index is 12.8. The van der Waals surface area contributed by atoms with Gasteiger partial charge in [-0.1, -0.05) is 43.7 Å². The summed E-state index contributed by atoms with van der Waals surface area (Å²) >= 11 is 0. The number of hydrogen-bond donors (Lipinski definition) is 0. The molecule has 0 atom stereocenters. The first-order valence-corrected chi connectivity index (χ1v) is 12.7. The lowest BCUT2D eigenvalue weighted by molar-refractivity contribution is -0.133. The second kappa shape index (κ2) is 10.4. The second-order valence-electron chi connectivity index (χ2n) is 8.31. The number of ketones is 1. The van der Waals surface area contributed by atoms with Crippen molar-refractivity contribution in [1.29, 1.82) is 0 Å². The summed E-state index contributed by atoms with van der Waals surface area (Å²) in [6, 6.07) is 9.95. The summed E-state index contributed by atoms with van der Waals surface area (Å²) in [5.74, 6) is -0.314. The fourth-order valence-corrected chi connectivity index (χ4v) is 5.57. The number of hydrogen-bond acceptors (Lipinski definition) is 5. The largest absolute Gasteiger partial charge is 0.341 e. The molecule has 0 saturated carbocycles. The molecular formula is C24H31N3O5S. The van der Waals surface area contributed by atoms with E-state index in [9.17, 15) is 22.8 Å². The molecule has 1 aliphatic heterocycles. The van der Waals surface area contributed by atoms with E-state index in [1.165, 1.54) is 22.6 Å². The molecule has 1 aromatic heterocycles. The van der Waals surface area contributed by atoms with Gasteiger partial charge in [0.25, 0.3) is 5.56 Å². The molecule has 0 aliphatic carbocycles. The molecule has 1 fully saturated rings. The summed E-state index contributed by atoms with van der Waals surface area (Å²) in [6.07, 6.45) is 2.36. The number of Topliss-reactive ketones (excluding diaryl/α,β-unsaturated/α-hetero) is 1. The van der Waals surface area contributed by atoms with Gasteiger partial charge in [-0.05, 0) is 25.8 Å². The number of aryl methyl sites for hydroxylation is 1. The van der Waals surface area contributed by atoms with E-state index in [4.69, 9.17) is 0 Å². The summed E-state index contributed by atoms with van der Waals surface area (Å²) in [7, 11) is -3.74. The van der Waals surface area contributed by atoms with Crippen LogP contribution < -0.4 is 5.56 Å². The van der Waals surface area contributed by atoms with E-state index in [1.54, 1.807) is 18.7 Å². The minimum atomic E-state index is -3.74. The number of carbonyl (C=O) groups excluding carboxylic acids is 2. The van der Waals surface area contributed by atoms with Crippen LogP contribution in [-0.4, -0.2) is 60.1 Å². The van der Waals surface area contributed by atoms with Crippen LogP contribution in [0.5, 0.6) is 0 Å². The maximum Gasteiger partial charge on any atom is 0.251 e. The van der Waals surface area contributed by atoms with Gasteiger partial charge in [0.15, 0.2) is 5.78 Å². The standard InChI is InChI=1S/C24H31N3O5S/c1-4-27(5-2)33(31,32)21-10-11-22(28)26(16-21)17-23(29)25-14-12-20(13-15-25)24(30)19-8-6-18(3)7-9-19/h6-11,16,20H,4-5,12-15,17H2,1-3H3. The quantitative estimate of drug-likeness (QED) is 0.548. The third-order valence-corrected chi connectivity index (χ3v) is 8.19. The first-order valence-electron chi connectivity index (χ1n) is 11.3. The summed E-state index contributed by atoms with van der Waals surface area (Å²) < 4.78 is 28.0. The molecule has 2 aromatic rings. The molecule has 1 aliphatic rings. The Morgan fingerprint density at radius 2 is 1.61 bits per heavy atom. The Morgan fingerprint density at radius 1 is 1.00 bits per heavy atom. The lowest BCUT2D eigenvalue weighted by Crippen LogP contribution is -2.43. The van der Waals surface area contributed by atoms with Crippen molar-refractivity contribution < 1.29 is 18.0 Å². The third kappa shape index (κ3) is 5.59. The zero-order chi connectivity index (χ0) is 24.2.